The Labute approximate surface area is 106 Å². The molecule has 0 amide bonds. The molecule has 0 saturated carbocycles. The average molecular weight is 237 g/mol. The highest BCUT2D eigenvalue weighted by Crippen LogP contribution is 2.10. The van der Waals surface area contributed by atoms with Crippen LogP contribution in [-0.2, 0) is 12.8 Å². The van der Waals surface area contributed by atoms with Crippen LogP contribution in [0.5, 0.6) is 0 Å². The van der Waals surface area contributed by atoms with Crippen molar-refractivity contribution in [3.8, 4) is 0 Å². The Balaban J connectivity index is 1.63. The zero-order chi connectivity index (χ0) is 12.2. The van der Waals surface area contributed by atoms with E-state index in [1.165, 1.54) is 5.56 Å². The Morgan fingerprint density at radius 1 is 0.944 bits per heavy atom. The van der Waals surface area contributed by atoms with E-state index in [0.717, 1.165) is 36.3 Å². The number of aromatic nitrogens is 3. The van der Waals surface area contributed by atoms with Gasteiger partial charge in [0.25, 0.3) is 0 Å². The van der Waals surface area contributed by atoms with Crippen molar-refractivity contribution in [2.75, 3.05) is 0 Å². The normalized spacial score (nSPS) is 10.9. The molecule has 0 aliphatic heterocycles. The number of aromatic amines is 1. The van der Waals surface area contributed by atoms with Crippen molar-refractivity contribution < 1.29 is 0 Å². The Morgan fingerprint density at radius 3 is 2.67 bits per heavy atom. The van der Waals surface area contributed by atoms with Gasteiger partial charge in [-0.05, 0) is 30.5 Å². The third-order valence-electron chi connectivity index (χ3n) is 3.03. The molecule has 0 aliphatic carbocycles. The zero-order valence-electron chi connectivity index (χ0n) is 10.1. The standard InChI is InChI=1S/C15H15N3/c1-2-6-12(7-3-1)8-4-10-14-17-13-9-5-11-16-15(13)18-14/h1-3,5-7,9,11H,4,8,10H2,(H,16,17,18). The molecular weight excluding hydrogens is 222 g/mol. The first-order valence-electron chi connectivity index (χ1n) is 6.25. The van der Waals surface area contributed by atoms with E-state index in [-0.39, 0.29) is 0 Å². The highest BCUT2D eigenvalue weighted by molar-refractivity contribution is 5.69. The maximum absolute atomic E-state index is 4.48. The van der Waals surface area contributed by atoms with Crippen molar-refractivity contribution in [3.63, 3.8) is 0 Å². The summed E-state index contributed by atoms with van der Waals surface area (Å²) in [4.78, 5) is 12.0. The van der Waals surface area contributed by atoms with Gasteiger partial charge in [0.1, 0.15) is 5.82 Å². The van der Waals surface area contributed by atoms with Gasteiger partial charge in [-0.3, -0.25) is 0 Å². The van der Waals surface area contributed by atoms with Crippen LogP contribution in [0.3, 0.4) is 0 Å². The monoisotopic (exact) mass is 237 g/mol. The maximum atomic E-state index is 4.48. The molecule has 1 aromatic carbocycles. The predicted molar refractivity (Wildman–Crippen MR) is 72.4 cm³/mol. The van der Waals surface area contributed by atoms with Crippen molar-refractivity contribution in [2.24, 2.45) is 0 Å². The first kappa shape index (κ1) is 11.0. The summed E-state index contributed by atoms with van der Waals surface area (Å²) >= 11 is 0. The molecule has 2 heterocycles. The minimum Gasteiger partial charge on any atom is -0.341 e. The Kier molecular flexibility index (Phi) is 3.05. The first-order chi connectivity index (χ1) is 8.92. The summed E-state index contributed by atoms with van der Waals surface area (Å²) < 4.78 is 0. The second-order valence-electron chi connectivity index (χ2n) is 4.40. The topological polar surface area (TPSA) is 41.6 Å². The van der Waals surface area contributed by atoms with Crippen LogP contribution in [0.1, 0.15) is 17.8 Å². The van der Waals surface area contributed by atoms with Crippen molar-refractivity contribution >= 4 is 11.2 Å². The van der Waals surface area contributed by atoms with E-state index in [2.05, 4.69) is 45.3 Å². The lowest BCUT2D eigenvalue weighted by molar-refractivity contribution is 0.785. The number of benzene rings is 1. The summed E-state index contributed by atoms with van der Waals surface area (Å²) in [5.41, 5.74) is 3.21. The first-order valence-corrected chi connectivity index (χ1v) is 6.25. The van der Waals surface area contributed by atoms with Crippen LogP contribution in [0, 0.1) is 0 Å². The van der Waals surface area contributed by atoms with Gasteiger partial charge in [-0.15, -0.1) is 0 Å². The highest BCUT2D eigenvalue weighted by atomic mass is 15.0. The van der Waals surface area contributed by atoms with Gasteiger partial charge in [0.15, 0.2) is 5.65 Å². The molecule has 3 aromatic rings. The molecule has 3 heteroatoms. The summed E-state index contributed by atoms with van der Waals surface area (Å²) in [6.07, 6.45) is 4.93. The number of pyridine rings is 1. The molecule has 0 aliphatic rings. The minimum atomic E-state index is 0.812. The molecule has 3 nitrogen and oxygen atoms in total. The fourth-order valence-electron chi connectivity index (χ4n) is 2.12. The molecule has 0 fully saturated rings. The number of rotatable bonds is 4. The molecule has 0 atom stereocenters. The number of H-pyrrole nitrogens is 1. The SMILES string of the molecule is c1ccc(CCCc2nc3ncccc3[nH]2)cc1. The molecule has 90 valence electrons. The van der Waals surface area contributed by atoms with Crippen LogP contribution in [0.2, 0.25) is 0 Å². The smallest absolute Gasteiger partial charge is 0.177 e. The van der Waals surface area contributed by atoms with Crippen LogP contribution in [-0.4, -0.2) is 15.0 Å². The molecule has 0 radical (unpaired) electrons. The van der Waals surface area contributed by atoms with E-state index in [1.807, 2.05) is 12.1 Å². The van der Waals surface area contributed by atoms with Crippen molar-refractivity contribution in [1.29, 1.82) is 0 Å². The lowest BCUT2D eigenvalue weighted by atomic mass is 10.1. The maximum Gasteiger partial charge on any atom is 0.177 e. The van der Waals surface area contributed by atoms with E-state index in [4.69, 9.17) is 0 Å². The van der Waals surface area contributed by atoms with Gasteiger partial charge in [-0.1, -0.05) is 30.3 Å². The number of aryl methyl sites for hydroxylation is 2. The fraction of sp³-hybridized carbons (Fsp3) is 0.200. The van der Waals surface area contributed by atoms with Gasteiger partial charge in [-0.2, -0.15) is 0 Å². The molecule has 1 N–H and O–H groups in total. The third kappa shape index (κ3) is 2.40. The largest absolute Gasteiger partial charge is 0.341 e. The Hall–Kier alpha value is -2.16. The molecule has 18 heavy (non-hydrogen) atoms. The van der Waals surface area contributed by atoms with Gasteiger partial charge in [0.05, 0.1) is 5.52 Å². The summed E-state index contributed by atoms with van der Waals surface area (Å²) in [5.74, 6) is 1.03. The van der Waals surface area contributed by atoms with Crippen molar-refractivity contribution in [3.05, 3.63) is 60.0 Å². The van der Waals surface area contributed by atoms with E-state index >= 15 is 0 Å². The number of hydrogen-bond acceptors (Lipinski definition) is 2. The molecule has 0 saturated heterocycles. The lowest BCUT2D eigenvalue weighted by Gasteiger charge is -1.99. The average Bonchev–Trinajstić information content (AvgIpc) is 2.82. The van der Waals surface area contributed by atoms with Crippen molar-refractivity contribution in [1.82, 2.24) is 15.0 Å². The van der Waals surface area contributed by atoms with Crippen molar-refractivity contribution in [2.45, 2.75) is 19.3 Å². The molecule has 3 rings (SSSR count). The fourth-order valence-corrected chi connectivity index (χ4v) is 2.12. The van der Waals surface area contributed by atoms with Gasteiger partial charge >= 0.3 is 0 Å². The van der Waals surface area contributed by atoms with E-state index in [0.29, 0.717) is 0 Å². The zero-order valence-corrected chi connectivity index (χ0v) is 10.1. The van der Waals surface area contributed by atoms with E-state index in [1.54, 1.807) is 6.20 Å². The summed E-state index contributed by atoms with van der Waals surface area (Å²) in [6.45, 7) is 0. The third-order valence-corrected chi connectivity index (χ3v) is 3.03. The van der Waals surface area contributed by atoms with Crippen LogP contribution in [0.15, 0.2) is 48.7 Å². The highest BCUT2D eigenvalue weighted by Gasteiger charge is 2.02. The van der Waals surface area contributed by atoms with Gasteiger partial charge < -0.3 is 4.98 Å². The van der Waals surface area contributed by atoms with E-state index < -0.39 is 0 Å². The summed E-state index contributed by atoms with van der Waals surface area (Å²) in [7, 11) is 0. The van der Waals surface area contributed by atoms with Gasteiger partial charge in [0.2, 0.25) is 0 Å². The Morgan fingerprint density at radius 2 is 1.83 bits per heavy atom. The number of nitrogens with one attached hydrogen (secondary N) is 1. The molecule has 0 bridgehead atoms. The quantitative estimate of drug-likeness (QED) is 0.757. The number of fused-ring (bicyclic) bond motifs is 1. The van der Waals surface area contributed by atoms with Gasteiger partial charge in [0, 0.05) is 12.6 Å². The minimum absolute atomic E-state index is 0.812. The Bertz CT molecular complexity index is 595. The van der Waals surface area contributed by atoms with E-state index in [9.17, 15) is 0 Å². The second-order valence-corrected chi connectivity index (χ2v) is 4.40. The summed E-state index contributed by atoms with van der Waals surface area (Å²) in [6, 6.07) is 14.5. The predicted octanol–water partition coefficient (Wildman–Crippen LogP) is 3.13. The summed E-state index contributed by atoms with van der Waals surface area (Å²) in [5, 5.41) is 0. The van der Waals surface area contributed by atoms with Gasteiger partial charge in [-0.25, -0.2) is 9.97 Å². The van der Waals surface area contributed by atoms with Crippen LogP contribution >= 0.6 is 0 Å². The lowest BCUT2D eigenvalue weighted by Crippen LogP contribution is -1.91. The molecular formula is C15H15N3. The van der Waals surface area contributed by atoms with Crippen LogP contribution in [0.4, 0.5) is 0 Å². The van der Waals surface area contributed by atoms with Crippen LogP contribution in [0.25, 0.3) is 11.2 Å². The van der Waals surface area contributed by atoms with Crippen LogP contribution < -0.4 is 0 Å². The molecule has 0 unspecified atom stereocenters. The number of nitrogens with zero attached hydrogens (tertiary/aromatic N) is 2. The number of hydrogen-bond donors (Lipinski definition) is 1. The number of imidazole rings is 1. The molecule has 2 aromatic heterocycles. The molecule has 0 spiro atoms. The second kappa shape index (κ2) is 5.00.